The number of ketones is 1. The molecule has 0 saturated heterocycles. The molecule has 1 heterocycles. The summed E-state index contributed by atoms with van der Waals surface area (Å²) in [5, 5.41) is 19.5. The fraction of sp³-hybridized carbons (Fsp3) is 0.143. The van der Waals surface area contributed by atoms with Crippen molar-refractivity contribution in [3.63, 3.8) is 0 Å². The van der Waals surface area contributed by atoms with Crippen molar-refractivity contribution in [2.75, 3.05) is 13.2 Å². The highest BCUT2D eigenvalue weighted by molar-refractivity contribution is 6.14. The van der Waals surface area contributed by atoms with Gasteiger partial charge < -0.3 is 15.1 Å². The highest BCUT2D eigenvalue weighted by atomic mass is 19.1. The van der Waals surface area contributed by atoms with Gasteiger partial charge in [-0.15, -0.1) is 0 Å². The predicted molar refractivity (Wildman–Crippen MR) is 98.1 cm³/mol. The number of aliphatic hydroxyl groups is 2. The molecular weight excluding hydrogens is 349 g/mol. The summed E-state index contributed by atoms with van der Waals surface area (Å²) >= 11 is 0. The van der Waals surface area contributed by atoms with E-state index >= 15 is 0 Å². The molecule has 0 unspecified atom stereocenters. The third-order valence-corrected chi connectivity index (χ3v) is 4.32. The second-order valence-corrected chi connectivity index (χ2v) is 6.05. The minimum Gasteiger partial charge on any atom is -0.503 e. The van der Waals surface area contributed by atoms with Crippen molar-refractivity contribution < 1.29 is 24.2 Å². The lowest BCUT2D eigenvalue weighted by molar-refractivity contribution is -0.129. The zero-order valence-corrected chi connectivity index (χ0v) is 14.4. The van der Waals surface area contributed by atoms with Crippen LogP contribution in [-0.4, -0.2) is 40.0 Å². The lowest BCUT2D eigenvalue weighted by atomic mass is 9.95. The molecule has 1 amide bonds. The molecular formula is C21H18FNO4. The number of hydrogen-bond acceptors (Lipinski definition) is 4. The maximum atomic E-state index is 13.3. The summed E-state index contributed by atoms with van der Waals surface area (Å²) in [5.74, 6) is -2.38. The topological polar surface area (TPSA) is 77.8 Å². The van der Waals surface area contributed by atoms with Gasteiger partial charge in [0.1, 0.15) is 5.82 Å². The third-order valence-electron chi connectivity index (χ3n) is 4.32. The highest BCUT2D eigenvalue weighted by Gasteiger charge is 2.42. The van der Waals surface area contributed by atoms with Gasteiger partial charge in [0.25, 0.3) is 5.91 Å². The number of amides is 1. The predicted octanol–water partition coefficient (Wildman–Crippen LogP) is 2.80. The Balaban J connectivity index is 1.98. The Hall–Kier alpha value is -3.25. The maximum absolute atomic E-state index is 13.3. The Bertz CT molecular complexity index is 904. The van der Waals surface area contributed by atoms with E-state index in [9.17, 15) is 24.2 Å². The number of rotatable bonds is 6. The first kappa shape index (κ1) is 18.5. The second kappa shape index (κ2) is 7.97. The lowest BCUT2D eigenvalue weighted by Gasteiger charge is -2.25. The van der Waals surface area contributed by atoms with Crippen LogP contribution in [0.5, 0.6) is 0 Å². The van der Waals surface area contributed by atoms with Crippen LogP contribution < -0.4 is 0 Å². The molecule has 0 saturated carbocycles. The first-order valence-electron chi connectivity index (χ1n) is 8.41. The molecule has 0 aromatic heterocycles. The van der Waals surface area contributed by atoms with Gasteiger partial charge in [0.2, 0.25) is 0 Å². The van der Waals surface area contributed by atoms with Crippen LogP contribution in [0, 0.1) is 5.82 Å². The van der Waals surface area contributed by atoms with Gasteiger partial charge in [-0.05, 0) is 29.3 Å². The number of aliphatic hydroxyl groups excluding tert-OH is 2. The van der Waals surface area contributed by atoms with Gasteiger partial charge in [-0.1, -0.05) is 48.5 Å². The second-order valence-electron chi connectivity index (χ2n) is 6.05. The molecule has 3 rings (SSSR count). The molecule has 0 radical (unpaired) electrons. The minimum atomic E-state index is -0.891. The van der Waals surface area contributed by atoms with Crippen molar-refractivity contribution in [3.8, 4) is 0 Å². The van der Waals surface area contributed by atoms with E-state index in [1.165, 1.54) is 35.2 Å². The summed E-state index contributed by atoms with van der Waals surface area (Å²) in [7, 11) is 0. The molecule has 0 aliphatic carbocycles. The van der Waals surface area contributed by atoms with Gasteiger partial charge in [0.15, 0.2) is 11.5 Å². The quantitative estimate of drug-likeness (QED) is 0.770. The normalized spacial score (nSPS) is 17.2. The molecule has 5 nitrogen and oxygen atoms in total. The van der Waals surface area contributed by atoms with Crippen LogP contribution in [0.15, 0.2) is 72.0 Å². The van der Waals surface area contributed by atoms with Crippen LogP contribution >= 0.6 is 0 Å². The lowest BCUT2D eigenvalue weighted by Crippen LogP contribution is -2.33. The number of carbonyl (C=O) groups is 2. The van der Waals surface area contributed by atoms with Crippen LogP contribution in [0.2, 0.25) is 0 Å². The van der Waals surface area contributed by atoms with Crippen molar-refractivity contribution in [1.82, 2.24) is 4.90 Å². The van der Waals surface area contributed by atoms with Crippen molar-refractivity contribution in [2.24, 2.45) is 0 Å². The van der Waals surface area contributed by atoms with Crippen molar-refractivity contribution in [3.05, 3.63) is 88.9 Å². The Morgan fingerprint density at radius 2 is 1.78 bits per heavy atom. The number of hydrogen-bond donors (Lipinski definition) is 2. The maximum Gasteiger partial charge on any atom is 0.290 e. The molecule has 0 spiro atoms. The molecule has 6 heteroatoms. The van der Waals surface area contributed by atoms with E-state index in [1.807, 2.05) is 30.3 Å². The monoisotopic (exact) mass is 367 g/mol. The Kier molecular flexibility index (Phi) is 5.47. The fourth-order valence-electron chi connectivity index (χ4n) is 3.06. The summed E-state index contributed by atoms with van der Waals surface area (Å²) in [6, 6.07) is 13.6. The van der Waals surface area contributed by atoms with Gasteiger partial charge in [0.05, 0.1) is 18.2 Å². The first-order valence-corrected chi connectivity index (χ1v) is 8.41. The third kappa shape index (κ3) is 3.80. The molecule has 0 fully saturated rings. The van der Waals surface area contributed by atoms with Crippen LogP contribution in [0.3, 0.4) is 0 Å². The number of β-amino-alcohol motifs (C(OH)–C–C–N with tert-alkyl or cyclic N) is 1. The van der Waals surface area contributed by atoms with Crippen LogP contribution in [-0.2, 0) is 9.59 Å². The van der Waals surface area contributed by atoms with Crippen LogP contribution in [0.1, 0.15) is 17.2 Å². The van der Waals surface area contributed by atoms with E-state index in [0.717, 1.165) is 5.56 Å². The summed E-state index contributed by atoms with van der Waals surface area (Å²) in [4.78, 5) is 26.3. The Morgan fingerprint density at radius 3 is 2.41 bits per heavy atom. The SMILES string of the molecule is O=C(/C=C/c1ccccc1)C1=C(O)C(=O)N(CCO)[C@H]1c1ccc(F)cc1. The van der Waals surface area contributed by atoms with Crippen molar-refractivity contribution in [1.29, 1.82) is 0 Å². The Morgan fingerprint density at radius 1 is 1.11 bits per heavy atom. The zero-order chi connectivity index (χ0) is 19.4. The zero-order valence-electron chi connectivity index (χ0n) is 14.4. The minimum absolute atomic E-state index is 0.0654. The van der Waals surface area contributed by atoms with E-state index in [0.29, 0.717) is 5.56 Å². The summed E-state index contributed by atoms with van der Waals surface area (Å²) in [5.41, 5.74) is 1.17. The van der Waals surface area contributed by atoms with E-state index in [1.54, 1.807) is 6.08 Å². The van der Waals surface area contributed by atoms with Gasteiger partial charge in [-0.25, -0.2) is 4.39 Å². The van der Waals surface area contributed by atoms with Gasteiger partial charge in [-0.3, -0.25) is 9.59 Å². The number of halogens is 1. The molecule has 2 aromatic carbocycles. The van der Waals surface area contributed by atoms with Gasteiger partial charge in [0, 0.05) is 6.54 Å². The molecule has 2 aromatic rings. The van der Waals surface area contributed by atoms with E-state index < -0.39 is 29.3 Å². The molecule has 1 atom stereocenters. The molecule has 1 aliphatic rings. The van der Waals surface area contributed by atoms with Crippen LogP contribution in [0.4, 0.5) is 4.39 Å². The summed E-state index contributed by atoms with van der Waals surface area (Å²) in [6.07, 6.45) is 2.87. The summed E-state index contributed by atoms with van der Waals surface area (Å²) < 4.78 is 13.3. The highest BCUT2D eigenvalue weighted by Crippen LogP contribution is 2.37. The molecule has 27 heavy (non-hydrogen) atoms. The average Bonchev–Trinajstić information content (AvgIpc) is 2.93. The summed E-state index contributed by atoms with van der Waals surface area (Å²) in [6.45, 7) is -0.401. The van der Waals surface area contributed by atoms with Gasteiger partial charge >= 0.3 is 0 Å². The number of nitrogens with zero attached hydrogens (tertiary/aromatic N) is 1. The Labute approximate surface area is 155 Å². The average molecular weight is 367 g/mol. The molecule has 138 valence electrons. The number of allylic oxidation sites excluding steroid dienone is 1. The van der Waals surface area contributed by atoms with Crippen LogP contribution in [0.25, 0.3) is 6.08 Å². The van der Waals surface area contributed by atoms with Gasteiger partial charge in [-0.2, -0.15) is 0 Å². The number of benzene rings is 2. The molecule has 2 N–H and O–H groups in total. The van der Waals surface area contributed by atoms with E-state index in [2.05, 4.69) is 0 Å². The largest absolute Gasteiger partial charge is 0.503 e. The number of carbonyl (C=O) groups excluding carboxylic acids is 2. The van der Waals surface area contributed by atoms with Crippen molar-refractivity contribution in [2.45, 2.75) is 6.04 Å². The first-order chi connectivity index (χ1) is 13.0. The smallest absolute Gasteiger partial charge is 0.290 e. The fourth-order valence-corrected chi connectivity index (χ4v) is 3.06. The molecule has 1 aliphatic heterocycles. The van der Waals surface area contributed by atoms with Crippen molar-refractivity contribution >= 4 is 17.8 Å². The standard InChI is InChI=1S/C21H18FNO4/c22-16-9-7-15(8-10-16)19-18(20(26)21(27)23(19)12-13-24)17(25)11-6-14-4-2-1-3-5-14/h1-11,19,24,26H,12-13H2/b11-6+/t19-/m0/s1. The molecule has 0 bridgehead atoms. The van der Waals surface area contributed by atoms with E-state index in [4.69, 9.17) is 0 Å². The van der Waals surface area contributed by atoms with E-state index in [-0.39, 0.29) is 18.7 Å².